The Morgan fingerprint density at radius 2 is 1.75 bits per heavy atom. The smallest absolute Gasteiger partial charge is 0.329 e. The minimum atomic E-state index is -0.635. The van der Waals surface area contributed by atoms with Crippen molar-refractivity contribution >= 4 is 12.0 Å². The summed E-state index contributed by atoms with van der Waals surface area (Å²) in [5.41, 5.74) is -0.562. The number of carbonyl (C=O) groups excluding carboxylic acids is 2. The van der Waals surface area contributed by atoms with Crippen LogP contribution < -0.4 is 5.32 Å². The van der Waals surface area contributed by atoms with Crippen LogP contribution in [0, 0.1) is 5.92 Å². The fraction of sp³-hybridized carbons (Fsp3) is 0.857. The van der Waals surface area contributed by atoms with Gasteiger partial charge in [0.15, 0.2) is 0 Å². The first-order valence-electron chi connectivity index (χ1n) is 7.07. The van der Waals surface area contributed by atoms with Gasteiger partial charge in [-0.25, -0.2) is 9.59 Å². The molecule has 1 atom stereocenters. The normalized spacial score (nSPS) is 17.8. The molecule has 20 heavy (non-hydrogen) atoms. The second kappa shape index (κ2) is 6.92. The van der Waals surface area contributed by atoms with E-state index in [1.54, 1.807) is 4.90 Å². The summed E-state index contributed by atoms with van der Waals surface area (Å²) < 4.78 is 10.6. The second-order valence-electron chi connectivity index (χ2n) is 6.30. The number of nitrogens with one attached hydrogen (secondary N) is 1. The Hall–Kier alpha value is -1.30. The van der Waals surface area contributed by atoms with E-state index >= 15 is 0 Å². The highest BCUT2D eigenvalue weighted by atomic mass is 16.6. The Kier molecular flexibility index (Phi) is 5.80. The zero-order valence-electron chi connectivity index (χ0n) is 13.1. The lowest BCUT2D eigenvalue weighted by Crippen LogP contribution is -2.53. The number of morpholine rings is 1. The van der Waals surface area contributed by atoms with Crippen LogP contribution in [0.1, 0.15) is 34.6 Å². The Labute approximate surface area is 120 Å². The zero-order chi connectivity index (χ0) is 15.3. The molecule has 0 aromatic carbocycles. The number of hydrogen-bond donors (Lipinski definition) is 1. The average molecular weight is 286 g/mol. The predicted octanol–water partition coefficient (Wildman–Crippen LogP) is 1.39. The molecule has 0 aromatic heterocycles. The van der Waals surface area contributed by atoms with Crippen LogP contribution in [0.4, 0.5) is 4.79 Å². The molecule has 2 amide bonds. The molecule has 116 valence electrons. The maximum Gasteiger partial charge on any atom is 0.329 e. The highest BCUT2D eigenvalue weighted by molar-refractivity contribution is 5.84. The van der Waals surface area contributed by atoms with Crippen molar-refractivity contribution in [3.8, 4) is 0 Å². The molecule has 0 aromatic rings. The van der Waals surface area contributed by atoms with Crippen LogP contribution in [0.3, 0.4) is 0 Å². The van der Waals surface area contributed by atoms with E-state index in [1.165, 1.54) is 0 Å². The summed E-state index contributed by atoms with van der Waals surface area (Å²) in [5.74, 6) is -0.427. The topological polar surface area (TPSA) is 67.9 Å². The van der Waals surface area contributed by atoms with Crippen LogP contribution in [0.25, 0.3) is 0 Å². The van der Waals surface area contributed by atoms with Crippen molar-refractivity contribution in [1.29, 1.82) is 0 Å². The third kappa shape index (κ3) is 5.36. The molecule has 0 radical (unpaired) electrons. The van der Waals surface area contributed by atoms with Crippen molar-refractivity contribution < 1.29 is 19.1 Å². The van der Waals surface area contributed by atoms with Gasteiger partial charge >= 0.3 is 12.0 Å². The fourth-order valence-corrected chi connectivity index (χ4v) is 1.85. The summed E-state index contributed by atoms with van der Waals surface area (Å²) in [7, 11) is 0. The maximum atomic E-state index is 12.1. The van der Waals surface area contributed by atoms with Gasteiger partial charge in [-0.15, -0.1) is 0 Å². The van der Waals surface area contributed by atoms with Crippen molar-refractivity contribution in [2.24, 2.45) is 5.92 Å². The molecular weight excluding hydrogens is 260 g/mol. The van der Waals surface area contributed by atoms with E-state index in [0.29, 0.717) is 26.3 Å². The largest absolute Gasteiger partial charge is 0.458 e. The fourth-order valence-electron chi connectivity index (χ4n) is 1.85. The van der Waals surface area contributed by atoms with Crippen LogP contribution in [-0.2, 0) is 14.3 Å². The van der Waals surface area contributed by atoms with Crippen molar-refractivity contribution in [3.05, 3.63) is 0 Å². The summed E-state index contributed by atoms with van der Waals surface area (Å²) in [6.45, 7) is 11.4. The third-order valence-corrected chi connectivity index (χ3v) is 2.90. The van der Waals surface area contributed by atoms with E-state index in [1.807, 2.05) is 34.6 Å². The van der Waals surface area contributed by atoms with E-state index in [2.05, 4.69) is 5.32 Å². The molecule has 6 nitrogen and oxygen atoms in total. The molecule has 1 aliphatic heterocycles. The zero-order valence-corrected chi connectivity index (χ0v) is 13.1. The van der Waals surface area contributed by atoms with E-state index in [9.17, 15) is 9.59 Å². The summed E-state index contributed by atoms with van der Waals surface area (Å²) >= 11 is 0. The molecule has 1 N–H and O–H groups in total. The van der Waals surface area contributed by atoms with E-state index < -0.39 is 17.6 Å². The monoisotopic (exact) mass is 286 g/mol. The van der Waals surface area contributed by atoms with Crippen molar-refractivity contribution in [3.63, 3.8) is 0 Å². The molecule has 1 heterocycles. The van der Waals surface area contributed by atoms with Crippen molar-refractivity contribution in [1.82, 2.24) is 10.2 Å². The summed E-state index contributed by atoms with van der Waals surface area (Å²) in [5, 5.41) is 2.77. The van der Waals surface area contributed by atoms with Crippen LogP contribution >= 0.6 is 0 Å². The number of hydrogen-bond acceptors (Lipinski definition) is 4. The summed E-state index contributed by atoms with van der Waals surface area (Å²) in [4.78, 5) is 25.9. The Morgan fingerprint density at radius 3 is 2.20 bits per heavy atom. The number of nitrogens with zero attached hydrogens (tertiary/aromatic N) is 1. The van der Waals surface area contributed by atoms with Gasteiger partial charge in [0, 0.05) is 13.1 Å². The quantitative estimate of drug-likeness (QED) is 0.796. The summed E-state index contributed by atoms with van der Waals surface area (Å²) in [6.07, 6.45) is 0. The third-order valence-electron chi connectivity index (χ3n) is 2.90. The molecule has 0 aliphatic carbocycles. The first-order valence-corrected chi connectivity index (χ1v) is 7.07. The summed E-state index contributed by atoms with van der Waals surface area (Å²) in [6, 6.07) is -0.873. The molecule has 0 saturated carbocycles. The first-order chi connectivity index (χ1) is 9.20. The number of ether oxygens (including phenoxy) is 2. The molecular formula is C14H26N2O4. The lowest BCUT2D eigenvalue weighted by molar-refractivity contribution is -0.158. The first kappa shape index (κ1) is 16.8. The van der Waals surface area contributed by atoms with Gasteiger partial charge in [-0.2, -0.15) is 0 Å². The lowest BCUT2D eigenvalue weighted by atomic mass is 10.0. The molecule has 0 bridgehead atoms. The van der Waals surface area contributed by atoms with Crippen LogP contribution in [-0.4, -0.2) is 54.8 Å². The molecule has 1 aliphatic rings. The van der Waals surface area contributed by atoms with Gasteiger partial charge in [-0.3, -0.25) is 0 Å². The minimum Gasteiger partial charge on any atom is -0.458 e. The van der Waals surface area contributed by atoms with Crippen molar-refractivity contribution in [2.45, 2.75) is 46.3 Å². The Morgan fingerprint density at radius 1 is 1.20 bits per heavy atom. The van der Waals surface area contributed by atoms with E-state index in [0.717, 1.165) is 0 Å². The number of carbonyl (C=O) groups is 2. The predicted molar refractivity (Wildman–Crippen MR) is 75.4 cm³/mol. The molecule has 1 fully saturated rings. The molecule has 0 spiro atoms. The van der Waals surface area contributed by atoms with Gasteiger partial charge in [0.25, 0.3) is 0 Å². The van der Waals surface area contributed by atoms with Crippen LogP contribution in [0.2, 0.25) is 0 Å². The number of urea groups is 1. The van der Waals surface area contributed by atoms with E-state index in [4.69, 9.17) is 9.47 Å². The highest BCUT2D eigenvalue weighted by Crippen LogP contribution is 2.13. The molecule has 1 saturated heterocycles. The van der Waals surface area contributed by atoms with Crippen LogP contribution in [0.5, 0.6) is 0 Å². The molecule has 6 heteroatoms. The SMILES string of the molecule is CC(C)[C@@H](NC(=O)N1CCOCC1)C(=O)OC(C)(C)C. The van der Waals surface area contributed by atoms with E-state index in [-0.39, 0.29) is 11.9 Å². The second-order valence-corrected chi connectivity index (χ2v) is 6.30. The maximum absolute atomic E-state index is 12.1. The Bertz CT molecular complexity index is 344. The average Bonchev–Trinajstić information content (AvgIpc) is 2.34. The standard InChI is InChI=1S/C14H26N2O4/c1-10(2)11(12(17)20-14(3,4)5)15-13(18)16-6-8-19-9-7-16/h10-11H,6-9H2,1-5H3,(H,15,18)/t11-/m1/s1. The number of amides is 2. The van der Waals surface area contributed by atoms with Gasteiger partial charge in [0.05, 0.1) is 13.2 Å². The Balaban J connectivity index is 2.62. The van der Waals surface area contributed by atoms with Gasteiger partial charge in [-0.1, -0.05) is 13.8 Å². The minimum absolute atomic E-state index is 0.0326. The molecule has 1 rings (SSSR count). The highest BCUT2D eigenvalue weighted by Gasteiger charge is 2.30. The van der Waals surface area contributed by atoms with Crippen LogP contribution in [0.15, 0.2) is 0 Å². The van der Waals surface area contributed by atoms with Crippen molar-refractivity contribution in [2.75, 3.05) is 26.3 Å². The van der Waals surface area contributed by atoms with Gasteiger partial charge in [0.1, 0.15) is 11.6 Å². The number of esters is 1. The van der Waals surface area contributed by atoms with Gasteiger partial charge in [0.2, 0.25) is 0 Å². The van der Waals surface area contributed by atoms with Gasteiger partial charge < -0.3 is 19.7 Å². The lowest BCUT2D eigenvalue weighted by Gasteiger charge is -2.31. The molecule has 0 unspecified atom stereocenters. The number of rotatable bonds is 3. The van der Waals surface area contributed by atoms with Gasteiger partial charge in [-0.05, 0) is 26.7 Å².